The van der Waals surface area contributed by atoms with E-state index in [1.807, 2.05) is 0 Å². The van der Waals surface area contributed by atoms with Crippen molar-refractivity contribution in [2.45, 2.75) is 77.6 Å². The van der Waals surface area contributed by atoms with E-state index < -0.39 is 0 Å². The van der Waals surface area contributed by atoms with E-state index in [1.54, 1.807) is 11.8 Å². The molecule has 0 aliphatic rings. The summed E-state index contributed by atoms with van der Waals surface area (Å²) < 4.78 is 0. The molecule has 0 unspecified atom stereocenters. The molecule has 0 aliphatic heterocycles. The summed E-state index contributed by atoms with van der Waals surface area (Å²) in [7, 11) is 0. The normalized spacial score (nSPS) is 10.6. The third-order valence-electron chi connectivity index (χ3n) is 3.02. The maximum absolute atomic E-state index is 5.38. The third-order valence-corrected chi connectivity index (χ3v) is 3.84. The highest BCUT2D eigenvalue weighted by molar-refractivity contribution is 8.13. The van der Waals surface area contributed by atoms with Crippen molar-refractivity contribution in [1.82, 2.24) is 0 Å². The van der Waals surface area contributed by atoms with Gasteiger partial charge in [0, 0.05) is 5.75 Å². The SMILES string of the molecule is CCCCCCCCCCCCCSC(N)=[NH2+]. The van der Waals surface area contributed by atoms with E-state index in [0.29, 0.717) is 5.17 Å². The summed E-state index contributed by atoms with van der Waals surface area (Å²) in [4.78, 5) is 0. The predicted molar refractivity (Wildman–Crippen MR) is 80.0 cm³/mol. The van der Waals surface area contributed by atoms with Crippen molar-refractivity contribution in [1.29, 1.82) is 0 Å². The van der Waals surface area contributed by atoms with Gasteiger partial charge < -0.3 is 0 Å². The number of amidine groups is 1. The van der Waals surface area contributed by atoms with Crippen molar-refractivity contribution in [2.24, 2.45) is 5.73 Å². The van der Waals surface area contributed by atoms with Gasteiger partial charge in [-0.3, -0.25) is 11.1 Å². The predicted octanol–water partition coefficient (Wildman–Crippen LogP) is 3.10. The van der Waals surface area contributed by atoms with Gasteiger partial charge in [0.1, 0.15) is 0 Å². The van der Waals surface area contributed by atoms with Crippen LogP contribution in [-0.4, -0.2) is 10.9 Å². The first-order chi connectivity index (χ1) is 8.27. The number of rotatable bonds is 12. The minimum absolute atomic E-state index is 0.511. The fourth-order valence-corrected chi connectivity index (χ4v) is 2.54. The van der Waals surface area contributed by atoms with Crippen LogP contribution in [0.15, 0.2) is 0 Å². The molecule has 102 valence electrons. The van der Waals surface area contributed by atoms with Crippen LogP contribution in [0, 0.1) is 0 Å². The number of unbranched alkanes of at least 4 members (excludes halogenated alkanes) is 10. The summed E-state index contributed by atoms with van der Waals surface area (Å²) in [5.41, 5.74) is 5.38. The Balaban J connectivity index is 2.91. The summed E-state index contributed by atoms with van der Waals surface area (Å²) in [5.74, 6) is 1.08. The van der Waals surface area contributed by atoms with Crippen LogP contribution in [0.5, 0.6) is 0 Å². The molecule has 4 N–H and O–H groups in total. The van der Waals surface area contributed by atoms with Gasteiger partial charge in [0.05, 0.1) is 0 Å². The Morgan fingerprint density at radius 2 is 1.24 bits per heavy atom. The number of hydrogen-bond acceptors (Lipinski definition) is 1. The second-order valence-corrected chi connectivity index (χ2v) is 5.95. The first-order valence-electron chi connectivity index (χ1n) is 7.28. The zero-order valence-electron chi connectivity index (χ0n) is 11.5. The van der Waals surface area contributed by atoms with Crippen LogP contribution in [0.2, 0.25) is 0 Å². The van der Waals surface area contributed by atoms with Crippen molar-refractivity contribution in [3.05, 3.63) is 0 Å². The Bertz CT molecular complexity index is 172. The molecule has 0 aliphatic carbocycles. The van der Waals surface area contributed by atoms with Crippen LogP contribution < -0.4 is 11.1 Å². The summed E-state index contributed by atoms with van der Waals surface area (Å²) in [5, 5.41) is 5.89. The van der Waals surface area contributed by atoms with Gasteiger partial charge in [0.15, 0.2) is 0 Å². The maximum atomic E-state index is 5.38. The molecule has 2 nitrogen and oxygen atoms in total. The van der Waals surface area contributed by atoms with Gasteiger partial charge >= 0.3 is 0 Å². The Labute approximate surface area is 112 Å². The summed E-state index contributed by atoms with van der Waals surface area (Å²) in [6.45, 7) is 2.27. The molecular formula is C14H31N2S+. The Kier molecular flexibility index (Phi) is 13.7. The van der Waals surface area contributed by atoms with Gasteiger partial charge in [-0.15, -0.1) is 0 Å². The molecule has 0 saturated heterocycles. The van der Waals surface area contributed by atoms with E-state index >= 15 is 0 Å². The molecule has 0 aromatic heterocycles. The zero-order chi connectivity index (χ0) is 12.8. The lowest BCUT2D eigenvalue weighted by atomic mass is 10.1. The summed E-state index contributed by atoms with van der Waals surface area (Å²) >= 11 is 1.58. The molecular weight excluding hydrogens is 228 g/mol. The largest absolute Gasteiger partial charge is 0.299 e. The molecule has 0 aromatic carbocycles. The van der Waals surface area contributed by atoms with E-state index in [9.17, 15) is 0 Å². The van der Waals surface area contributed by atoms with Gasteiger partial charge in [-0.25, -0.2) is 0 Å². The second kappa shape index (κ2) is 13.9. The van der Waals surface area contributed by atoms with Crippen LogP contribution in [0.1, 0.15) is 77.6 Å². The lowest BCUT2D eigenvalue weighted by Crippen LogP contribution is -2.43. The highest BCUT2D eigenvalue weighted by atomic mass is 32.2. The molecule has 0 aromatic rings. The summed E-state index contributed by atoms with van der Waals surface area (Å²) in [6.07, 6.45) is 15.3. The second-order valence-electron chi connectivity index (χ2n) is 4.79. The quantitative estimate of drug-likeness (QED) is 0.321. The van der Waals surface area contributed by atoms with E-state index in [1.165, 1.54) is 70.6 Å². The third kappa shape index (κ3) is 15.8. The lowest BCUT2D eigenvalue weighted by Gasteiger charge is -2.01. The molecule has 0 bridgehead atoms. The minimum atomic E-state index is 0.511. The number of thioether (sulfide) groups is 1. The van der Waals surface area contributed by atoms with Gasteiger partial charge in [-0.05, 0) is 18.2 Å². The topological polar surface area (TPSA) is 51.6 Å². The Morgan fingerprint density at radius 1 is 0.824 bits per heavy atom. The minimum Gasteiger partial charge on any atom is -0.282 e. The molecule has 0 heterocycles. The van der Waals surface area contributed by atoms with Crippen molar-refractivity contribution >= 4 is 16.9 Å². The molecule has 0 rings (SSSR count). The monoisotopic (exact) mass is 259 g/mol. The first-order valence-corrected chi connectivity index (χ1v) is 8.26. The first kappa shape index (κ1) is 16.8. The molecule has 0 amide bonds. The van der Waals surface area contributed by atoms with Crippen molar-refractivity contribution < 1.29 is 5.41 Å². The Hall–Kier alpha value is -0.180. The maximum Gasteiger partial charge on any atom is 0.299 e. The van der Waals surface area contributed by atoms with E-state index in [4.69, 9.17) is 11.1 Å². The highest BCUT2D eigenvalue weighted by Gasteiger charge is 1.96. The zero-order valence-corrected chi connectivity index (χ0v) is 12.4. The van der Waals surface area contributed by atoms with E-state index in [2.05, 4.69) is 6.92 Å². The van der Waals surface area contributed by atoms with Crippen molar-refractivity contribution in [2.75, 3.05) is 5.75 Å². The average Bonchev–Trinajstić information content (AvgIpc) is 2.30. The highest BCUT2D eigenvalue weighted by Crippen LogP contribution is 2.12. The fourth-order valence-electron chi connectivity index (χ4n) is 1.96. The Morgan fingerprint density at radius 3 is 1.65 bits per heavy atom. The van der Waals surface area contributed by atoms with Gasteiger partial charge in [-0.2, -0.15) is 0 Å². The molecule has 0 fully saturated rings. The number of hydrogen-bond donors (Lipinski definition) is 2. The van der Waals surface area contributed by atoms with Gasteiger partial charge in [0.2, 0.25) is 0 Å². The number of nitrogens with two attached hydrogens (primary N) is 2. The van der Waals surface area contributed by atoms with E-state index in [-0.39, 0.29) is 0 Å². The van der Waals surface area contributed by atoms with Crippen LogP contribution in [0.3, 0.4) is 0 Å². The van der Waals surface area contributed by atoms with E-state index in [0.717, 1.165) is 5.75 Å². The molecule has 17 heavy (non-hydrogen) atoms. The molecule has 0 spiro atoms. The smallest absolute Gasteiger partial charge is 0.282 e. The molecule has 3 heteroatoms. The van der Waals surface area contributed by atoms with Crippen LogP contribution in [0.25, 0.3) is 0 Å². The lowest BCUT2D eigenvalue weighted by molar-refractivity contribution is -0.110. The fraction of sp³-hybridized carbons (Fsp3) is 0.929. The van der Waals surface area contributed by atoms with Crippen LogP contribution in [-0.2, 0) is 0 Å². The van der Waals surface area contributed by atoms with Crippen molar-refractivity contribution in [3.8, 4) is 0 Å². The van der Waals surface area contributed by atoms with Crippen LogP contribution in [0.4, 0.5) is 0 Å². The molecule has 0 atom stereocenters. The average molecular weight is 259 g/mol. The standard InChI is InChI=1S/C14H30N2S/c1-2-3-4-5-6-7-8-9-10-11-12-13-17-14(15)16/h2-13H2,1H3,(H3,15,16)/p+1. The van der Waals surface area contributed by atoms with Gasteiger partial charge in [-0.1, -0.05) is 71.1 Å². The van der Waals surface area contributed by atoms with Gasteiger partial charge in [0.25, 0.3) is 5.17 Å². The molecule has 0 saturated carbocycles. The van der Waals surface area contributed by atoms with Crippen LogP contribution >= 0.6 is 11.8 Å². The van der Waals surface area contributed by atoms with Crippen molar-refractivity contribution in [3.63, 3.8) is 0 Å². The molecule has 0 radical (unpaired) electrons. The summed E-state index contributed by atoms with van der Waals surface area (Å²) in [6, 6.07) is 0.